The molecule has 0 unspecified atom stereocenters. The third-order valence-corrected chi connectivity index (χ3v) is 11.9. The van der Waals surface area contributed by atoms with E-state index in [1.165, 1.54) is 0 Å². The van der Waals surface area contributed by atoms with Crippen molar-refractivity contribution in [1.29, 1.82) is 0 Å². The summed E-state index contributed by atoms with van der Waals surface area (Å²) < 4.78 is 47.4. The molecule has 0 saturated heterocycles. The van der Waals surface area contributed by atoms with Crippen LogP contribution in [0.1, 0.15) is 67.7 Å². The van der Waals surface area contributed by atoms with Gasteiger partial charge in [0.05, 0.1) is 19.8 Å². The molecule has 0 radical (unpaired) electrons. The highest BCUT2D eigenvalue weighted by atomic mass is 28.4. The first-order valence-corrected chi connectivity index (χ1v) is 17.4. The van der Waals surface area contributed by atoms with E-state index in [1.807, 2.05) is 41.5 Å². The lowest BCUT2D eigenvalue weighted by molar-refractivity contribution is -0.0539. The SMILES string of the molecule is CCO[Si](CCCOCC(CC)(CO)COCCC[Si](OCC)(OCC)OCC)(OCC)OCC. The number of hydrogen-bond donors (Lipinski definition) is 1. The first-order valence-electron chi connectivity index (χ1n) is 13.5. The maximum absolute atomic E-state index is 10.1. The molecule has 212 valence electrons. The molecule has 0 bridgehead atoms. The van der Waals surface area contributed by atoms with E-state index in [2.05, 4.69) is 6.92 Å². The lowest BCUT2D eigenvalue weighted by atomic mass is 9.88. The fraction of sp³-hybridized carbons (Fsp3) is 1.00. The van der Waals surface area contributed by atoms with Gasteiger partial charge in [-0.3, -0.25) is 0 Å². The number of hydrogen-bond acceptors (Lipinski definition) is 9. The van der Waals surface area contributed by atoms with E-state index < -0.39 is 23.0 Å². The van der Waals surface area contributed by atoms with Crippen molar-refractivity contribution in [3.05, 3.63) is 0 Å². The van der Waals surface area contributed by atoms with E-state index in [9.17, 15) is 5.11 Å². The average Bonchev–Trinajstić information content (AvgIpc) is 2.83. The minimum Gasteiger partial charge on any atom is -0.396 e. The molecule has 0 aromatic rings. The molecule has 0 aromatic carbocycles. The van der Waals surface area contributed by atoms with Gasteiger partial charge in [-0.15, -0.1) is 0 Å². The second-order valence-electron chi connectivity index (χ2n) is 8.29. The van der Waals surface area contributed by atoms with E-state index in [0.717, 1.165) is 19.3 Å². The van der Waals surface area contributed by atoms with Crippen LogP contribution in [0.4, 0.5) is 0 Å². The highest BCUT2D eigenvalue weighted by Gasteiger charge is 2.40. The Morgan fingerprint density at radius 3 is 1.09 bits per heavy atom. The van der Waals surface area contributed by atoms with Gasteiger partial charge >= 0.3 is 17.6 Å². The first kappa shape index (κ1) is 35.1. The summed E-state index contributed by atoms with van der Waals surface area (Å²) in [4.78, 5) is 0. The molecule has 9 nitrogen and oxygen atoms in total. The second kappa shape index (κ2) is 21.1. The number of ether oxygens (including phenoxy) is 2. The van der Waals surface area contributed by atoms with Gasteiger partial charge in [0, 0.05) is 70.4 Å². The molecule has 0 aliphatic carbocycles. The monoisotopic (exact) mass is 542 g/mol. The molecule has 35 heavy (non-hydrogen) atoms. The zero-order chi connectivity index (χ0) is 26.5. The van der Waals surface area contributed by atoms with Gasteiger partial charge in [0.1, 0.15) is 0 Å². The molecule has 0 aliphatic rings. The van der Waals surface area contributed by atoms with E-state index >= 15 is 0 Å². The van der Waals surface area contributed by atoms with Gasteiger partial charge in [0.15, 0.2) is 0 Å². The minimum absolute atomic E-state index is 0.00848. The highest BCUT2D eigenvalue weighted by molar-refractivity contribution is 6.61. The predicted molar refractivity (Wildman–Crippen MR) is 142 cm³/mol. The molecule has 0 atom stereocenters. The lowest BCUT2D eigenvalue weighted by Crippen LogP contribution is -2.46. The Labute approximate surface area is 216 Å². The summed E-state index contributed by atoms with van der Waals surface area (Å²) in [5.41, 5.74) is -0.428. The van der Waals surface area contributed by atoms with Gasteiger partial charge in [-0.1, -0.05) is 6.92 Å². The molecule has 0 fully saturated rings. The zero-order valence-corrected chi connectivity index (χ0v) is 25.5. The van der Waals surface area contributed by atoms with Crippen molar-refractivity contribution in [2.24, 2.45) is 5.41 Å². The van der Waals surface area contributed by atoms with Crippen molar-refractivity contribution in [2.45, 2.75) is 79.8 Å². The fourth-order valence-electron chi connectivity index (χ4n) is 3.81. The maximum Gasteiger partial charge on any atom is 0.501 e. The molecule has 0 amide bonds. The fourth-order valence-corrected chi connectivity index (χ4v) is 8.97. The summed E-state index contributed by atoms with van der Waals surface area (Å²) in [6.45, 7) is 19.2. The first-order chi connectivity index (χ1) is 16.9. The van der Waals surface area contributed by atoms with E-state index in [1.54, 1.807) is 0 Å². The van der Waals surface area contributed by atoms with E-state index in [0.29, 0.717) is 78.2 Å². The van der Waals surface area contributed by atoms with Crippen molar-refractivity contribution in [2.75, 3.05) is 72.7 Å². The van der Waals surface area contributed by atoms with Gasteiger partial charge in [0.2, 0.25) is 0 Å². The maximum atomic E-state index is 10.1. The van der Waals surface area contributed by atoms with Crippen LogP contribution in [0.2, 0.25) is 12.1 Å². The van der Waals surface area contributed by atoms with E-state index in [-0.39, 0.29) is 6.61 Å². The van der Waals surface area contributed by atoms with Crippen LogP contribution in [0.3, 0.4) is 0 Å². The lowest BCUT2D eigenvalue weighted by Gasteiger charge is -2.31. The van der Waals surface area contributed by atoms with Crippen molar-refractivity contribution in [1.82, 2.24) is 0 Å². The average molecular weight is 543 g/mol. The van der Waals surface area contributed by atoms with Gasteiger partial charge in [-0.2, -0.15) is 0 Å². The van der Waals surface area contributed by atoms with Crippen LogP contribution in [0.15, 0.2) is 0 Å². The molecule has 0 aliphatic heterocycles. The summed E-state index contributed by atoms with van der Waals surface area (Å²) >= 11 is 0. The van der Waals surface area contributed by atoms with Crippen LogP contribution >= 0.6 is 0 Å². The Hall–Kier alpha value is 0.0738. The van der Waals surface area contributed by atoms with E-state index in [4.69, 9.17) is 36.0 Å². The van der Waals surface area contributed by atoms with Gasteiger partial charge < -0.3 is 41.1 Å². The Morgan fingerprint density at radius 2 is 0.857 bits per heavy atom. The largest absolute Gasteiger partial charge is 0.501 e. The molecule has 0 aromatic heterocycles. The third kappa shape index (κ3) is 14.0. The van der Waals surface area contributed by atoms with Crippen molar-refractivity contribution >= 4 is 17.6 Å². The summed E-state index contributed by atoms with van der Waals surface area (Å²) in [7, 11) is -5.31. The van der Waals surface area contributed by atoms with Gasteiger partial charge in [-0.05, 0) is 60.8 Å². The summed E-state index contributed by atoms with van der Waals surface area (Å²) in [5.74, 6) is 0. The zero-order valence-electron chi connectivity index (χ0n) is 23.5. The minimum atomic E-state index is -2.65. The van der Waals surface area contributed by atoms with Gasteiger partial charge in [-0.25, -0.2) is 0 Å². The molecular weight excluding hydrogens is 488 g/mol. The van der Waals surface area contributed by atoms with Crippen LogP contribution in [-0.4, -0.2) is 95.4 Å². The smallest absolute Gasteiger partial charge is 0.396 e. The van der Waals surface area contributed by atoms with Crippen molar-refractivity contribution in [3.63, 3.8) is 0 Å². The molecule has 0 heterocycles. The van der Waals surface area contributed by atoms with Crippen LogP contribution in [0.25, 0.3) is 0 Å². The quantitative estimate of drug-likeness (QED) is 0.127. The standard InChI is InChI=1S/C24H54O9Si2/c1-8-24(21-25,22-26-17-15-19-34(28-9-2,29-10-3)30-11-4)23-27-18-16-20-35(31-12-5,32-13-6)33-14-7/h25H,8-23H2,1-7H3. The van der Waals surface area contributed by atoms with Crippen LogP contribution in [0, 0.1) is 5.41 Å². The second-order valence-corrected chi connectivity index (χ2v) is 13.8. The normalized spacial score (nSPS) is 13.0. The number of rotatable bonds is 26. The van der Waals surface area contributed by atoms with Crippen LogP contribution in [-0.2, 0) is 36.0 Å². The van der Waals surface area contributed by atoms with Crippen LogP contribution in [0.5, 0.6) is 0 Å². The van der Waals surface area contributed by atoms with Crippen LogP contribution < -0.4 is 0 Å². The number of aliphatic hydroxyl groups excluding tert-OH is 1. The molecule has 0 saturated carbocycles. The summed E-state index contributed by atoms with van der Waals surface area (Å²) in [6.07, 6.45) is 2.31. The molecular formula is C24H54O9Si2. The Balaban J connectivity index is 4.59. The summed E-state index contributed by atoms with van der Waals surface area (Å²) in [5, 5.41) is 10.1. The molecule has 0 spiro atoms. The Morgan fingerprint density at radius 1 is 0.543 bits per heavy atom. The number of aliphatic hydroxyl groups is 1. The topological polar surface area (TPSA) is 94.1 Å². The molecule has 11 heteroatoms. The summed E-state index contributed by atoms with van der Waals surface area (Å²) in [6, 6.07) is 1.42. The van der Waals surface area contributed by atoms with Crippen molar-refractivity contribution in [3.8, 4) is 0 Å². The Bertz CT molecular complexity index is 410. The van der Waals surface area contributed by atoms with Gasteiger partial charge in [0.25, 0.3) is 0 Å². The molecule has 0 rings (SSSR count). The predicted octanol–water partition coefficient (Wildman–Crippen LogP) is 4.29. The molecule has 1 N–H and O–H groups in total. The van der Waals surface area contributed by atoms with Crippen molar-refractivity contribution < 1.29 is 41.1 Å². The highest BCUT2D eigenvalue weighted by Crippen LogP contribution is 2.24. The third-order valence-electron chi connectivity index (χ3n) is 5.63. The Kier molecular flexibility index (Phi) is 21.1.